The molecule has 1 aliphatic carbocycles. The second-order valence-electron chi connectivity index (χ2n) is 7.86. The van der Waals surface area contributed by atoms with Gasteiger partial charge in [0.05, 0.1) is 11.9 Å². The van der Waals surface area contributed by atoms with Crippen LogP contribution in [0.1, 0.15) is 37.7 Å². The maximum Gasteiger partial charge on any atom is 0.123 e. The summed E-state index contributed by atoms with van der Waals surface area (Å²) in [6, 6.07) is 7.75. The molecule has 5 nitrogen and oxygen atoms in total. The minimum absolute atomic E-state index is 0.235. The van der Waals surface area contributed by atoms with Crippen LogP contribution in [0.2, 0.25) is 0 Å². The fourth-order valence-electron chi connectivity index (χ4n) is 4.77. The summed E-state index contributed by atoms with van der Waals surface area (Å²) in [4.78, 5) is 5.09. The maximum atomic E-state index is 13.6. The van der Waals surface area contributed by atoms with E-state index in [1.807, 2.05) is 12.3 Å². The molecule has 2 aromatic rings. The molecule has 1 aliphatic heterocycles. The highest BCUT2D eigenvalue weighted by Gasteiger charge is 2.33. The number of hydrogen-bond acceptors (Lipinski definition) is 4. The fourth-order valence-corrected chi connectivity index (χ4v) is 4.77. The van der Waals surface area contributed by atoms with Gasteiger partial charge >= 0.3 is 0 Å². The van der Waals surface area contributed by atoms with Crippen molar-refractivity contribution in [1.82, 2.24) is 20.0 Å². The summed E-state index contributed by atoms with van der Waals surface area (Å²) in [5, 5.41) is 16.8. The van der Waals surface area contributed by atoms with E-state index in [0.29, 0.717) is 12.1 Å². The molecule has 2 N–H and O–H groups in total. The van der Waals surface area contributed by atoms with Gasteiger partial charge in [-0.25, -0.2) is 4.39 Å². The Bertz CT molecular complexity index is 743. The molecule has 1 saturated heterocycles. The third kappa shape index (κ3) is 4.23. The van der Waals surface area contributed by atoms with Gasteiger partial charge in [0.2, 0.25) is 0 Å². The summed E-state index contributed by atoms with van der Waals surface area (Å²) < 4.78 is 13.6. The number of benzene rings is 1. The molecule has 1 atom stereocenters. The molecular formula is C21H29FN4O. The first-order chi connectivity index (χ1) is 13.2. The van der Waals surface area contributed by atoms with E-state index in [1.165, 1.54) is 31.7 Å². The van der Waals surface area contributed by atoms with Crippen molar-refractivity contribution in [2.45, 2.75) is 50.7 Å². The Morgan fingerprint density at radius 1 is 1.22 bits per heavy atom. The lowest BCUT2D eigenvalue weighted by molar-refractivity contribution is 0.0268. The van der Waals surface area contributed by atoms with Crippen molar-refractivity contribution in [3.05, 3.63) is 41.8 Å². The van der Waals surface area contributed by atoms with Crippen LogP contribution in [0.15, 0.2) is 30.5 Å². The summed E-state index contributed by atoms with van der Waals surface area (Å²) in [6.07, 6.45) is 7.95. The van der Waals surface area contributed by atoms with Gasteiger partial charge in [0, 0.05) is 56.0 Å². The first-order valence-corrected chi connectivity index (χ1v) is 10.1. The number of aromatic amines is 1. The molecule has 1 aromatic heterocycles. The number of piperazine rings is 1. The van der Waals surface area contributed by atoms with Crippen molar-refractivity contribution < 1.29 is 9.50 Å². The van der Waals surface area contributed by atoms with Crippen LogP contribution in [-0.2, 0) is 6.54 Å². The van der Waals surface area contributed by atoms with E-state index in [1.54, 1.807) is 12.1 Å². The number of nitrogens with one attached hydrogen (secondary N) is 1. The number of hydrogen-bond donors (Lipinski definition) is 2. The van der Waals surface area contributed by atoms with Gasteiger partial charge in [-0.15, -0.1) is 0 Å². The molecule has 0 spiro atoms. The highest BCUT2D eigenvalue weighted by Crippen LogP contribution is 2.29. The van der Waals surface area contributed by atoms with Crippen LogP contribution >= 0.6 is 0 Å². The van der Waals surface area contributed by atoms with Gasteiger partial charge in [-0.1, -0.05) is 25.0 Å². The molecule has 27 heavy (non-hydrogen) atoms. The highest BCUT2D eigenvalue weighted by atomic mass is 19.1. The Kier molecular flexibility index (Phi) is 5.86. The average molecular weight is 372 g/mol. The number of aliphatic hydroxyl groups excluding tert-OH is 1. The van der Waals surface area contributed by atoms with Crippen LogP contribution in [-0.4, -0.2) is 63.4 Å². The quantitative estimate of drug-likeness (QED) is 0.818. The van der Waals surface area contributed by atoms with Crippen LogP contribution in [0.4, 0.5) is 4.39 Å². The van der Waals surface area contributed by atoms with E-state index >= 15 is 0 Å². The first kappa shape index (κ1) is 18.6. The van der Waals surface area contributed by atoms with Crippen molar-refractivity contribution in [2.24, 2.45) is 0 Å². The molecule has 0 unspecified atom stereocenters. The molecule has 2 aliphatic rings. The SMILES string of the molecule is OCC[C@H]1CN(Cc2cn[nH]c2-c2cccc(F)c2)CCN1C1CCCC1. The van der Waals surface area contributed by atoms with Crippen LogP contribution in [0.3, 0.4) is 0 Å². The van der Waals surface area contributed by atoms with Crippen LogP contribution in [0.25, 0.3) is 11.3 Å². The van der Waals surface area contributed by atoms with Gasteiger partial charge in [0.25, 0.3) is 0 Å². The standard InChI is InChI=1S/C21H29FN4O/c22-18-5-3-4-16(12-18)21-17(13-23-24-21)14-25-9-10-26(19-6-1-2-7-19)20(15-25)8-11-27/h3-5,12-13,19-20,27H,1-2,6-11,14-15H2,(H,23,24)/t20-/m0/s1. The molecule has 2 heterocycles. The Balaban J connectivity index is 1.45. The van der Waals surface area contributed by atoms with E-state index in [2.05, 4.69) is 20.0 Å². The molecule has 6 heteroatoms. The topological polar surface area (TPSA) is 55.4 Å². The molecular weight excluding hydrogens is 343 g/mol. The van der Waals surface area contributed by atoms with Gasteiger partial charge in [0.15, 0.2) is 0 Å². The number of nitrogens with zero attached hydrogens (tertiary/aromatic N) is 3. The summed E-state index contributed by atoms with van der Waals surface area (Å²) in [5.74, 6) is -0.235. The average Bonchev–Trinajstić information content (AvgIpc) is 3.34. The lowest BCUT2D eigenvalue weighted by Gasteiger charge is -2.44. The second-order valence-corrected chi connectivity index (χ2v) is 7.86. The normalized spacial score (nSPS) is 22.5. The molecule has 1 saturated carbocycles. The summed E-state index contributed by atoms with van der Waals surface area (Å²) in [6.45, 7) is 4.07. The highest BCUT2D eigenvalue weighted by molar-refractivity contribution is 5.62. The van der Waals surface area contributed by atoms with Gasteiger partial charge in [-0.2, -0.15) is 5.10 Å². The summed E-state index contributed by atoms with van der Waals surface area (Å²) in [7, 11) is 0. The monoisotopic (exact) mass is 372 g/mol. The van der Waals surface area contributed by atoms with E-state index in [-0.39, 0.29) is 12.4 Å². The summed E-state index contributed by atoms with van der Waals surface area (Å²) >= 11 is 0. The van der Waals surface area contributed by atoms with Crippen molar-refractivity contribution in [3.8, 4) is 11.3 Å². The van der Waals surface area contributed by atoms with Gasteiger partial charge in [-0.05, 0) is 31.4 Å². The number of rotatable bonds is 6. The second kappa shape index (κ2) is 8.50. The minimum atomic E-state index is -0.235. The summed E-state index contributed by atoms with van der Waals surface area (Å²) in [5.41, 5.74) is 2.82. The third-order valence-corrected chi connectivity index (χ3v) is 6.09. The third-order valence-electron chi connectivity index (χ3n) is 6.09. The molecule has 2 fully saturated rings. The fraction of sp³-hybridized carbons (Fsp3) is 0.571. The van der Waals surface area contributed by atoms with Crippen LogP contribution in [0.5, 0.6) is 0 Å². The van der Waals surface area contributed by atoms with Gasteiger partial charge < -0.3 is 5.11 Å². The number of aromatic nitrogens is 2. The van der Waals surface area contributed by atoms with Crippen molar-refractivity contribution in [2.75, 3.05) is 26.2 Å². The van der Waals surface area contributed by atoms with Gasteiger partial charge in [-0.3, -0.25) is 14.9 Å². The molecule has 4 rings (SSSR count). The Labute approximate surface area is 160 Å². The van der Waals surface area contributed by atoms with E-state index in [9.17, 15) is 9.50 Å². The largest absolute Gasteiger partial charge is 0.396 e. The van der Waals surface area contributed by atoms with Gasteiger partial charge in [0.1, 0.15) is 5.82 Å². The first-order valence-electron chi connectivity index (χ1n) is 10.1. The lowest BCUT2D eigenvalue weighted by Crippen LogP contribution is -2.56. The number of H-pyrrole nitrogens is 1. The van der Waals surface area contributed by atoms with Crippen molar-refractivity contribution in [1.29, 1.82) is 0 Å². The zero-order chi connectivity index (χ0) is 18.6. The number of aliphatic hydroxyl groups is 1. The Hall–Kier alpha value is -1.76. The predicted octanol–water partition coefficient (Wildman–Crippen LogP) is 3.03. The molecule has 146 valence electrons. The van der Waals surface area contributed by atoms with E-state index < -0.39 is 0 Å². The number of halogens is 1. The molecule has 0 amide bonds. The Morgan fingerprint density at radius 3 is 2.85 bits per heavy atom. The molecule has 0 bridgehead atoms. The van der Waals surface area contributed by atoms with E-state index in [0.717, 1.165) is 49.4 Å². The smallest absolute Gasteiger partial charge is 0.123 e. The van der Waals surface area contributed by atoms with Crippen LogP contribution in [0, 0.1) is 5.82 Å². The zero-order valence-electron chi connectivity index (χ0n) is 15.8. The van der Waals surface area contributed by atoms with Crippen molar-refractivity contribution >= 4 is 0 Å². The molecule has 0 radical (unpaired) electrons. The van der Waals surface area contributed by atoms with Crippen molar-refractivity contribution in [3.63, 3.8) is 0 Å². The Morgan fingerprint density at radius 2 is 2.07 bits per heavy atom. The van der Waals surface area contributed by atoms with Crippen LogP contribution < -0.4 is 0 Å². The van der Waals surface area contributed by atoms with E-state index in [4.69, 9.17) is 0 Å². The minimum Gasteiger partial charge on any atom is -0.396 e. The lowest BCUT2D eigenvalue weighted by atomic mass is 10.0. The molecule has 1 aromatic carbocycles. The zero-order valence-corrected chi connectivity index (χ0v) is 15.8. The predicted molar refractivity (Wildman–Crippen MR) is 104 cm³/mol. The maximum absolute atomic E-state index is 13.6.